The molecule has 2 aliphatic rings. The molecule has 0 aliphatic carbocycles. The molecule has 3 heteroatoms. The molecule has 0 bridgehead atoms. The van der Waals surface area contributed by atoms with Crippen LogP contribution < -0.4 is 5.32 Å². The average molecular weight is 220 g/mol. The van der Waals surface area contributed by atoms with Gasteiger partial charge in [0.25, 0.3) is 0 Å². The van der Waals surface area contributed by atoms with Gasteiger partial charge in [0.2, 0.25) is 0 Å². The van der Waals surface area contributed by atoms with Crippen LogP contribution in [0.15, 0.2) is 16.5 Å². The zero-order valence-corrected chi connectivity index (χ0v) is 10.1. The normalized spacial score (nSPS) is 31.9. The lowest BCUT2D eigenvalue weighted by molar-refractivity contribution is 0.214. The van der Waals surface area contributed by atoms with E-state index in [0.29, 0.717) is 6.04 Å². The third-order valence-electron chi connectivity index (χ3n) is 4.14. The Morgan fingerprint density at radius 1 is 1.31 bits per heavy atom. The summed E-state index contributed by atoms with van der Waals surface area (Å²) in [6.07, 6.45) is 0. The van der Waals surface area contributed by atoms with Crippen LogP contribution in [0.4, 0.5) is 0 Å². The number of rotatable bonds is 2. The molecule has 16 heavy (non-hydrogen) atoms. The number of aryl methyl sites for hydroxylation is 1. The Morgan fingerprint density at radius 2 is 2.00 bits per heavy atom. The second kappa shape index (κ2) is 3.90. The fourth-order valence-electron chi connectivity index (χ4n) is 3.07. The second-order valence-corrected chi connectivity index (χ2v) is 5.26. The molecule has 3 unspecified atom stereocenters. The van der Waals surface area contributed by atoms with E-state index in [2.05, 4.69) is 29.3 Å². The topological polar surface area (TPSA) is 28.4 Å². The molecule has 3 atom stereocenters. The summed E-state index contributed by atoms with van der Waals surface area (Å²) in [4.78, 5) is 2.56. The minimum Gasteiger partial charge on any atom is -0.465 e. The Bertz CT molecular complexity index is 362. The molecule has 0 amide bonds. The first kappa shape index (κ1) is 10.4. The quantitative estimate of drug-likeness (QED) is 0.824. The van der Waals surface area contributed by atoms with Gasteiger partial charge in [0.1, 0.15) is 11.5 Å². The Hall–Kier alpha value is -0.800. The third kappa shape index (κ3) is 1.68. The third-order valence-corrected chi connectivity index (χ3v) is 4.14. The average Bonchev–Trinajstić information content (AvgIpc) is 2.89. The first-order valence-corrected chi connectivity index (χ1v) is 6.25. The maximum atomic E-state index is 5.72. The lowest BCUT2D eigenvalue weighted by Crippen LogP contribution is -2.28. The smallest absolute Gasteiger partial charge is 0.121 e. The van der Waals surface area contributed by atoms with Crippen LogP contribution in [0.2, 0.25) is 0 Å². The monoisotopic (exact) mass is 220 g/mol. The summed E-state index contributed by atoms with van der Waals surface area (Å²) in [7, 11) is 0. The van der Waals surface area contributed by atoms with Crippen LogP contribution in [0, 0.1) is 18.8 Å². The maximum Gasteiger partial charge on any atom is 0.121 e. The Kier molecular flexibility index (Phi) is 2.52. The van der Waals surface area contributed by atoms with Crippen LogP contribution in [0.25, 0.3) is 0 Å². The molecule has 2 fully saturated rings. The van der Waals surface area contributed by atoms with Crippen molar-refractivity contribution in [2.24, 2.45) is 11.8 Å². The van der Waals surface area contributed by atoms with Crippen LogP contribution >= 0.6 is 0 Å². The number of fused-ring (bicyclic) bond motifs is 1. The van der Waals surface area contributed by atoms with Crippen molar-refractivity contribution in [1.82, 2.24) is 10.2 Å². The molecular formula is C13H20N2O. The standard InChI is InChI=1S/C13H20N2O/c1-9-3-4-13(16-9)10(2)15-7-11-5-14-6-12(11)8-15/h3-4,10-12,14H,5-8H2,1-2H3. The number of nitrogens with one attached hydrogen (secondary N) is 1. The first-order chi connectivity index (χ1) is 7.74. The zero-order chi connectivity index (χ0) is 11.1. The predicted molar refractivity (Wildman–Crippen MR) is 63.3 cm³/mol. The highest BCUT2D eigenvalue weighted by Gasteiger charge is 2.38. The highest BCUT2D eigenvalue weighted by atomic mass is 16.3. The van der Waals surface area contributed by atoms with E-state index < -0.39 is 0 Å². The van der Waals surface area contributed by atoms with Gasteiger partial charge in [-0.05, 0) is 50.9 Å². The highest BCUT2D eigenvalue weighted by molar-refractivity contribution is 5.10. The van der Waals surface area contributed by atoms with Crippen LogP contribution in [0.5, 0.6) is 0 Å². The summed E-state index contributed by atoms with van der Waals surface area (Å²) in [5.41, 5.74) is 0. The first-order valence-electron chi connectivity index (χ1n) is 6.25. The molecule has 2 saturated heterocycles. The lowest BCUT2D eigenvalue weighted by Gasteiger charge is -2.23. The van der Waals surface area contributed by atoms with Gasteiger partial charge in [-0.1, -0.05) is 0 Å². The van der Waals surface area contributed by atoms with Crippen LogP contribution in [-0.2, 0) is 0 Å². The summed E-state index contributed by atoms with van der Waals surface area (Å²) in [5, 5.41) is 3.48. The minimum atomic E-state index is 0.430. The van der Waals surface area contributed by atoms with Gasteiger partial charge in [-0.15, -0.1) is 0 Å². The molecule has 3 rings (SSSR count). The van der Waals surface area contributed by atoms with Crippen LogP contribution in [0.1, 0.15) is 24.5 Å². The molecule has 1 N–H and O–H groups in total. The van der Waals surface area contributed by atoms with Gasteiger partial charge in [-0.3, -0.25) is 4.90 Å². The Balaban J connectivity index is 1.70. The molecule has 1 aromatic rings. The number of hydrogen-bond donors (Lipinski definition) is 1. The fourth-order valence-corrected chi connectivity index (χ4v) is 3.07. The van der Waals surface area contributed by atoms with E-state index in [9.17, 15) is 0 Å². The molecule has 0 radical (unpaired) electrons. The molecule has 0 spiro atoms. The van der Waals surface area contributed by atoms with E-state index in [-0.39, 0.29) is 0 Å². The van der Waals surface area contributed by atoms with E-state index in [0.717, 1.165) is 23.4 Å². The van der Waals surface area contributed by atoms with E-state index >= 15 is 0 Å². The molecule has 1 aromatic heterocycles. The SMILES string of the molecule is Cc1ccc(C(C)N2CC3CNCC3C2)o1. The maximum absolute atomic E-state index is 5.72. The van der Waals surface area contributed by atoms with Crippen molar-refractivity contribution in [3.05, 3.63) is 23.7 Å². The van der Waals surface area contributed by atoms with Gasteiger partial charge in [0.05, 0.1) is 6.04 Å². The number of hydrogen-bond acceptors (Lipinski definition) is 3. The zero-order valence-electron chi connectivity index (χ0n) is 10.1. The molecule has 0 aromatic carbocycles. The Labute approximate surface area is 96.8 Å². The molecule has 3 nitrogen and oxygen atoms in total. The van der Waals surface area contributed by atoms with Crippen molar-refractivity contribution in [2.75, 3.05) is 26.2 Å². The van der Waals surface area contributed by atoms with Crippen molar-refractivity contribution in [3.63, 3.8) is 0 Å². The molecule has 2 aliphatic heterocycles. The van der Waals surface area contributed by atoms with Gasteiger partial charge in [0.15, 0.2) is 0 Å². The number of nitrogens with zero attached hydrogens (tertiary/aromatic N) is 1. The van der Waals surface area contributed by atoms with Gasteiger partial charge in [-0.25, -0.2) is 0 Å². The number of likely N-dealkylation sites (tertiary alicyclic amines) is 1. The van der Waals surface area contributed by atoms with E-state index in [1.807, 2.05) is 6.92 Å². The summed E-state index contributed by atoms with van der Waals surface area (Å²) in [6, 6.07) is 4.61. The minimum absolute atomic E-state index is 0.430. The summed E-state index contributed by atoms with van der Waals surface area (Å²) >= 11 is 0. The van der Waals surface area contributed by atoms with Crippen molar-refractivity contribution in [3.8, 4) is 0 Å². The highest BCUT2D eigenvalue weighted by Crippen LogP contribution is 2.33. The number of furan rings is 1. The van der Waals surface area contributed by atoms with Gasteiger partial charge < -0.3 is 9.73 Å². The summed E-state index contributed by atoms with van der Waals surface area (Å²) < 4.78 is 5.72. The van der Waals surface area contributed by atoms with Crippen LogP contribution in [-0.4, -0.2) is 31.1 Å². The van der Waals surface area contributed by atoms with Gasteiger partial charge in [-0.2, -0.15) is 0 Å². The van der Waals surface area contributed by atoms with Crippen LogP contribution in [0.3, 0.4) is 0 Å². The molecule has 0 saturated carbocycles. The fraction of sp³-hybridized carbons (Fsp3) is 0.692. The van der Waals surface area contributed by atoms with E-state index in [4.69, 9.17) is 4.42 Å². The molecule has 88 valence electrons. The second-order valence-electron chi connectivity index (χ2n) is 5.26. The predicted octanol–water partition coefficient (Wildman–Crippen LogP) is 1.80. The van der Waals surface area contributed by atoms with Crippen molar-refractivity contribution in [1.29, 1.82) is 0 Å². The van der Waals surface area contributed by atoms with Crippen molar-refractivity contribution in [2.45, 2.75) is 19.9 Å². The van der Waals surface area contributed by atoms with Gasteiger partial charge in [0, 0.05) is 13.1 Å². The molecular weight excluding hydrogens is 200 g/mol. The lowest BCUT2D eigenvalue weighted by atomic mass is 10.0. The molecule has 3 heterocycles. The van der Waals surface area contributed by atoms with Gasteiger partial charge >= 0.3 is 0 Å². The largest absolute Gasteiger partial charge is 0.465 e. The Morgan fingerprint density at radius 3 is 2.56 bits per heavy atom. The van der Waals surface area contributed by atoms with E-state index in [1.165, 1.54) is 26.2 Å². The van der Waals surface area contributed by atoms with Crippen molar-refractivity contribution < 1.29 is 4.42 Å². The summed E-state index contributed by atoms with van der Waals surface area (Å²) in [6.45, 7) is 9.11. The van der Waals surface area contributed by atoms with E-state index in [1.54, 1.807) is 0 Å². The van der Waals surface area contributed by atoms with Crippen molar-refractivity contribution >= 4 is 0 Å². The summed E-state index contributed by atoms with van der Waals surface area (Å²) in [5.74, 6) is 3.85.